The van der Waals surface area contributed by atoms with Gasteiger partial charge >= 0.3 is 0 Å². The van der Waals surface area contributed by atoms with Crippen LogP contribution in [0, 0.1) is 18.6 Å². The molecule has 2 aromatic rings. The van der Waals surface area contributed by atoms with E-state index in [0.717, 1.165) is 6.07 Å². The molecule has 0 atom stereocenters. The van der Waals surface area contributed by atoms with E-state index in [-0.39, 0.29) is 11.4 Å². The van der Waals surface area contributed by atoms with Crippen LogP contribution in [0.15, 0.2) is 18.2 Å². The third-order valence-corrected chi connectivity index (χ3v) is 2.06. The van der Waals surface area contributed by atoms with Crippen molar-refractivity contribution in [3.05, 3.63) is 35.4 Å². The summed E-state index contributed by atoms with van der Waals surface area (Å²) in [7, 11) is 0. The number of aromatic amines is 1. The Morgan fingerprint density at radius 3 is 2.60 bits per heavy atom. The van der Waals surface area contributed by atoms with Crippen molar-refractivity contribution < 1.29 is 8.78 Å². The number of halogens is 2. The SMILES string of the molecule is Cc1cc(F)c(F)c(-c2cc(N)n[nH]2)c1. The van der Waals surface area contributed by atoms with Crippen LogP contribution < -0.4 is 5.73 Å². The Kier molecular flexibility index (Phi) is 2.15. The van der Waals surface area contributed by atoms with Gasteiger partial charge in [0.1, 0.15) is 5.82 Å². The molecular weight excluding hydrogens is 200 g/mol. The van der Waals surface area contributed by atoms with E-state index in [2.05, 4.69) is 10.2 Å². The standard InChI is InChI=1S/C10H9F2N3/c1-5-2-6(10(12)7(11)3-5)8-4-9(13)15-14-8/h2-4H,1H3,(H3,13,14,15). The van der Waals surface area contributed by atoms with Crippen molar-refractivity contribution >= 4 is 5.82 Å². The number of hydrogen-bond donors (Lipinski definition) is 2. The van der Waals surface area contributed by atoms with Gasteiger partial charge in [0.05, 0.1) is 5.69 Å². The minimum absolute atomic E-state index is 0.136. The number of H-pyrrole nitrogens is 1. The fraction of sp³-hybridized carbons (Fsp3) is 0.100. The number of nitrogens with zero attached hydrogens (tertiary/aromatic N) is 1. The molecular formula is C10H9F2N3. The molecule has 0 spiro atoms. The van der Waals surface area contributed by atoms with E-state index in [1.807, 2.05) is 0 Å². The van der Waals surface area contributed by atoms with Crippen molar-refractivity contribution in [3.63, 3.8) is 0 Å². The van der Waals surface area contributed by atoms with Crippen LogP contribution in [-0.2, 0) is 0 Å². The Morgan fingerprint density at radius 2 is 2.00 bits per heavy atom. The maximum atomic E-state index is 13.4. The lowest BCUT2D eigenvalue weighted by Gasteiger charge is -2.02. The van der Waals surface area contributed by atoms with Crippen molar-refractivity contribution in [3.8, 4) is 11.3 Å². The molecule has 0 amide bonds. The average Bonchev–Trinajstić information content (AvgIpc) is 2.58. The van der Waals surface area contributed by atoms with E-state index < -0.39 is 11.6 Å². The summed E-state index contributed by atoms with van der Waals surface area (Å²) in [6, 6.07) is 4.13. The second-order valence-corrected chi connectivity index (χ2v) is 3.31. The number of aromatic nitrogens is 2. The molecule has 3 nitrogen and oxygen atoms in total. The topological polar surface area (TPSA) is 54.7 Å². The van der Waals surface area contributed by atoms with E-state index in [4.69, 9.17) is 5.73 Å². The van der Waals surface area contributed by atoms with Crippen LogP contribution in [0.1, 0.15) is 5.56 Å². The zero-order chi connectivity index (χ0) is 11.0. The first kappa shape index (κ1) is 9.64. The van der Waals surface area contributed by atoms with Gasteiger partial charge in [0, 0.05) is 11.6 Å². The first-order chi connectivity index (χ1) is 7.08. The summed E-state index contributed by atoms with van der Waals surface area (Å²) in [6.07, 6.45) is 0. The Balaban J connectivity index is 2.62. The monoisotopic (exact) mass is 209 g/mol. The molecule has 0 saturated carbocycles. The number of nitrogens with one attached hydrogen (secondary N) is 1. The molecule has 0 radical (unpaired) electrons. The number of nitrogens with two attached hydrogens (primary N) is 1. The maximum Gasteiger partial charge on any atom is 0.168 e. The van der Waals surface area contributed by atoms with Crippen LogP contribution in [0.5, 0.6) is 0 Å². The van der Waals surface area contributed by atoms with E-state index in [9.17, 15) is 8.78 Å². The number of benzene rings is 1. The Labute approximate surface area is 84.9 Å². The molecule has 1 heterocycles. The molecule has 1 aromatic carbocycles. The van der Waals surface area contributed by atoms with Gasteiger partial charge in [-0.05, 0) is 24.6 Å². The smallest absolute Gasteiger partial charge is 0.168 e. The molecule has 0 fully saturated rings. The molecule has 0 aliphatic heterocycles. The van der Waals surface area contributed by atoms with E-state index in [1.165, 1.54) is 12.1 Å². The predicted octanol–water partition coefficient (Wildman–Crippen LogP) is 2.25. The van der Waals surface area contributed by atoms with Gasteiger partial charge in [-0.1, -0.05) is 0 Å². The predicted molar refractivity (Wildman–Crippen MR) is 53.1 cm³/mol. The lowest BCUT2D eigenvalue weighted by atomic mass is 10.1. The summed E-state index contributed by atoms with van der Waals surface area (Å²) in [5, 5.41) is 6.19. The molecule has 0 saturated heterocycles. The molecule has 0 unspecified atom stereocenters. The van der Waals surface area contributed by atoms with Gasteiger partial charge in [0.15, 0.2) is 11.6 Å². The number of rotatable bonds is 1. The van der Waals surface area contributed by atoms with Crippen molar-refractivity contribution in [2.45, 2.75) is 6.92 Å². The third kappa shape index (κ3) is 1.68. The number of aryl methyl sites for hydroxylation is 1. The highest BCUT2D eigenvalue weighted by Crippen LogP contribution is 2.25. The lowest BCUT2D eigenvalue weighted by Crippen LogP contribution is -1.91. The maximum absolute atomic E-state index is 13.4. The van der Waals surface area contributed by atoms with E-state index in [1.54, 1.807) is 6.92 Å². The van der Waals surface area contributed by atoms with Crippen LogP contribution >= 0.6 is 0 Å². The minimum atomic E-state index is -0.899. The van der Waals surface area contributed by atoms with Crippen molar-refractivity contribution in [1.29, 1.82) is 0 Å². The molecule has 5 heteroatoms. The number of hydrogen-bond acceptors (Lipinski definition) is 2. The fourth-order valence-corrected chi connectivity index (χ4v) is 1.40. The molecule has 3 N–H and O–H groups in total. The summed E-state index contributed by atoms with van der Waals surface area (Å²) >= 11 is 0. The third-order valence-electron chi connectivity index (χ3n) is 2.06. The zero-order valence-electron chi connectivity index (χ0n) is 8.01. The summed E-state index contributed by atoms with van der Waals surface area (Å²) in [5.41, 5.74) is 6.52. The van der Waals surface area contributed by atoms with Crippen molar-refractivity contribution in [2.75, 3.05) is 5.73 Å². The van der Waals surface area contributed by atoms with Gasteiger partial charge in [-0.3, -0.25) is 5.10 Å². The second-order valence-electron chi connectivity index (χ2n) is 3.31. The second kappa shape index (κ2) is 3.34. The van der Waals surface area contributed by atoms with Gasteiger partial charge < -0.3 is 5.73 Å². The fourth-order valence-electron chi connectivity index (χ4n) is 1.40. The van der Waals surface area contributed by atoms with Crippen LogP contribution in [0.25, 0.3) is 11.3 Å². The van der Waals surface area contributed by atoms with Gasteiger partial charge in [0.2, 0.25) is 0 Å². The normalized spacial score (nSPS) is 10.6. The van der Waals surface area contributed by atoms with Gasteiger partial charge in [0.25, 0.3) is 0 Å². The minimum Gasteiger partial charge on any atom is -0.382 e. The molecule has 0 aliphatic carbocycles. The quantitative estimate of drug-likeness (QED) is 0.756. The molecule has 2 rings (SSSR count). The Morgan fingerprint density at radius 1 is 1.27 bits per heavy atom. The van der Waals surface area contributed by atoms with Crippen LogP contribution in [-0.4, -0.2) is 10.2 Å². The van der Waals surface area contributed by atoms with E-state index >= 15 is 0 Å². The van der Waals surface area contributed by atoms with Crippen LogP contribution in [0.2, 0.25) is 0 Å². The highest BCUT2D eigenvalue weighted by atomic mass is 19.2. The molecule has 78 valence electrons. The zero-order valence-corrected chi connectivity index (χ0v) is 8.01. The molecule has 0 bridgehead atoms. The average molecular weight is 209 g/mol. The van der Waals surface area contributed by atoms with E-state index in [0.29, 0.717) is 11.3 Å². The lowest BCUT2D eigenvalue weighted by molar-refractivity contribution is 0.510. The highest BCUT2D eigenvalue weighted by molar-refractivity contribution is 5.63. The number of anilines is 1. The Hall–Kier alpha value is -1.91. The van der Waals surface area contributed by atoms with Crippen LogP contribution in [0.4, 0.5) is 14.6 Å². The van der Waals surface area contributed by atoms with Crippen molar-refractivity contribution in [1.82, 2.24) is 10.2 Å². The first-order valence-corrected chi connectivity index (χ1v) is 4.35. The summed E-state index contributed by atoms with van der Waals surface area (Å²) < 4.78 is 26.5. The highest BCUT2D eigenvalue weighted by Gasteiger charge is 2.12. The first-order valence-electron chi connectivity index (χ1n) is 4.35. The van der Waals surface area contributed by atoms with Crippen LogP contribution in [0.3, 0.4) is 0 Å². The van der Waals surface area contributed by atoms with Gasteiger partial charge in [-0.2, -0.15) is 5.10 Å². The van der Waals surface area contributed by atoms with Gasteiger partial charge in [-0.15, -0.1) is 0 Å². The summed E-state index contributed by atoms with van der Waals surface area (Å²) in [4.78, 5) is 0. The van der Waals surface area contributed by atoms with Gasteiger partial charge in [-0.25, -0.2) is 8.78 Å². The Bertz CT molecular complexity index is 505. The van der Waals surface area contributed by atoms with Crippen molar-refractivity contribution in [2.24, 2.45) is 0 Å². The molecule has 1 aromatic heterocycles. The largest absolute Gasteiger partial charge is 0.382 e. The molecule has 0 aliphatic rings. The molecule has 15 heavy (non-hydrogen) atoms. The summed E-state index contributed by atoms with van der Waals surface area (Å²) in [6.45, 7) is 1.69. The summed E-state index contributed by atoms with van der Waals surface area (Å²) in [5.74, 6) is -1.53. The number of nitrogen functional groups attached to an aromatic ring is 1.